The van der Waals surface area contributed by atoms with E-state index >= 15 is 0 Å². The third-order valence-corrected chi connectivity index (χ3v) is 3.53. The first-order chi connectivity index (χ1) is 11.9. The van der Waals surface area contributed by atoms with E-state index < -0.39 is 0 Å². The average Bonchev–Trinajstić information content (AvgIpc) is 2.98. The number of anilines is 2. The number of benzene rings is 1. The predicted molar refractivity (Wildman–Crippen MR) is 95.8 cm³/mol. The second kappa shape index (κ2) is 8.18. The Bertz CT molecular complexity index is 756. The quantitative estimate of drug-likeness (QED) is 0.645. The summed E-state index contributed by atoms with van der Waals surface area (Å²) in [5.74, 6) is 1.00. The number of amides is 3. The minimum atomic E-state index is -0.361. The van der Waals surface area contributed by atoms with Crippen molar-refractivity contribution in [2.45, 2.75) is 33.2 Å². The lowest BCUT2D eigenvalue weighted by atomic mass is 10.2. The summed E-state index contributed by atoms with van der Waals surface area (Å²) in [5.41, 5.74) is 1.96. The first-order valence-electron chi connectivity index (χ1n) is 7.97. The van der Waals surface area contributed by atoms with Gasteiger partial charge in [0, 0.05) is 24.5 Å². The summed E-state index contributed by atoms with van der Waals surface area (Å²) in [4.78, 5) is 30.9. The molecule has 0 bridgehead atoms. The lowest BCUT2D eigenvalue weighted by Crippen LogP contribution is -2.32. The topological polar surface area (TPSA) is 108 Å². The van der Waals surface area contributed by atoms with E-state index in [0.717, 1.165) is 5.69 Å². The molecule has 0 aliphatic carbocycles. The summed E-state index contributed by atoms with van der Waals surface area (Å²) in [6.07, 6.45) is 2.42. The molecule has 4 N–H and O–H groups in total. The fraction of sp³-hybridized carbons (Fsp3) is 0.353. The lowest BCUT2D eigenvalue weighted by Gasteiger charge is -2.16. The Morgan fingerprint density at radius 3 is 2.64 bits per heavy atom. The molecule has 0 spiro atoms. The fourth-order valence-electron chi connectivity index (χ4n) is 2.37. The number of ether oxygens (including phenoxy) is 1. The van der Waals surface area contributed by atoms with Crippen LogP contribution in [-0.4, -0.2) is 29.0 Å². The van der Waals surface area contributed by atoms with Crippen molar-refractivity contribution in [3.05, 3.63) is 35.9 Å². The number of H-pyrrole nitrogens is 1. The van der Waals surface area contributed by atoms with Crippen molar-refractivity contribution in [2.24, 2.45) is 0 Å². The van der Waals surface area contributed by atoms with Crippen LogP contribution in [-0.2, 0) is 4.79 Å². The number of methoxy groups -OCH3 is 1. The van der Waals surface area contributed by atoms with E-state index in [9.17, 15) is 9.59 Å². The summed E-state index contributed by atoms with van der Waals surface area (Å²) < 4.78 is 5.19. The first kappa shape index (κ1) is 18.3. The molecule has 2 rings (SSSR count). The molecule has 0 saturated carbocycles. The molecule has 2 aromatic rings. The molecular formula is C17H23N5O3. The van der Waals surface area contributed by atoms with E-state index in [2.05, 4.69) is 25.9 Å². The average molecular weight is 345 g/mol. The molecule has 0 radical (unpaired) electrons. The number of aromatic amines is 1. The summed E-state index contributed by atoms with van der Waals surface area (Å²) in [5, 5.41) is 8.29. The molecule has 25 heavy (non-hydrogen) atoms. The number of hydrogen-bond acceptors (Lipinski definition) is 4. The largest absolute Gasteiger partial charge is 0.495 e. The minimum absolute atomic E-state index is 0.221. The van der Waals surface area contributed by atoms with Gasteiger partial charge in [-0.15, -0.1) is 0 Å². The SMILES string of the molecule is CC[C@@H](NC(=O)Nc1ccc(OC)c(NC(C)=O)c1)c1ncc(C)[nH]1. The van der Waals surface area contributed by atoms with E-state index in [-0.39, 0.29) is 18.0 Å². The molecule has 0 fully saturated rings. The van der Waals surface area contributed by atoms with Gasteiger partial charge in [-0.05, 0) is 31.5 Å². The molecule has 8 heteroatoms. The molecule has 134 valence electrons. The van der Waals surface area contributed by atoms with E-state index in [4.69, 9.17) is 4.74 Å². The number of urea groups is 1. The summed E-state index contributed by atoms with van der Waals surface area (Å²) in [6, 6.07) is 4.43. The van der Waals surface area contributed by atoms with Crippen molar-refractivity contribution >= 4 is 23.3 Å². The second-order valence-corrected chi connectivity index (χ2v) is 5.61. The van der Waals surface area contributed by atoms with E-state index in [1.54, 1.807) is 24.4 Å². The third kappa shape index (κ3) is 4.97. The summed E-state index contributed by atoms with van der Waals surface area (Å²) in [7, 11) is 1.51. The summed E-state index contributed by atoms with van der Waals surface area (Å²) >= 11 is 0. The number of aromatic nitrogens is 2. The number of carbonyl (C=O) groups is 2. The van der Waals surface area contributed by atoms with E-state index in [1.165, 1.54) is 14.0 Å². The van der Waals surface area contributed by atoms with Crippen LogP contribution in [0, 0.1) is 6.92 Å². The van der Waals surface area contributed by atoms with Gasteiger partial charge in [-0.3, -0.25) is 4.79 Å². The molecule has 0 aliphatic heterocycles. The number of carbonyl (C=O) groups excluding carboxylic acids is 2. The number of nitrogens with one attached hydrogen (secondary N) is 4. The maximum atomic E-state index is 12.3. The zero-order valence-corrected chi connectivity index (χ0v) is 14.8. The van der Waals surface area contributed by atoms with Gasteiger partial charge < -0.3 is 25.7 Å². The van der Waals surface area contributed by atoms with Gasteiger partial charge in [0.15, 0.2) is 0 Å². The third-order valence-electron chi connectivity index (χ3n) is 3.53. The standard InChI is InChI=1S/C17H23N5O3/c1-5-13(16-18-9-10(2)19-16)22-17(24)21-12-6-7-15(25-4)14(8-12)20-11(3)23/h6-9,13H,5H2,1-4H3,(H,18,19)(H,20,23)(H2,21,22,24)/t13-/m1/s1. The Morgan fingerprint density at radius 1 is 1.32 bits per heavy atom. The highest BCUT2D eigenvalue weighted by Crippen LogP contribution is 2.27. The normalized spacial score (nSPS) is 11.5. The molecule has 1 aromatic carbocycles. The molecular weight excluding hydrogens is 322 g/mol. The van der Waals surface area contributed by atoms with Gasteiger partial charge in [-0.25, -0.2) is 9.78 Å². The maximum absolute atomic E-state index is 12.3. The van der Waals surface area contributed by atoms with Crippen LogP contribution in [0.5, 0.6) is 5.75 Å². The van der Waals surface area contributed by atoms with Gasteiger partial charge >= 0.3 is 6.03 Å². The predicted octanol–water partition coefficient (Wildman–Crippen LogP) is 2.96. The van der Waals surface area contributed by atoms with Crippen LogP contribution in [0.15, 0.2) is 24.4 Å². The van der Waals surface area contributed by atoms with Crippen LogP contribution in [0.4, 0.5) is 16.2 Å². The van der Waals surface area contributed by atoms with Crippen molar-refractivity contribution < 1.29 is 14.3 Å². The van der Waals surface area contributed by atoms with Gasteiger partial charge in [0.05, 0.1) is 18.8 Å². The minimum Gasteiger partial charge on any atom is -0.495 e. The highest BCUT2D eigenvalue weighted by atomic mass is 16.5. The van der Waals surface area contributed by atoms with Gasteiger partial charge in [-0.2, -0.15) is 0 Å². The molecule has 0 unspecified atom stereocenters. The molecule has 8 nitrogen and oxygen atoms in total. The van der Waals surface area contributed by atoms with Gasteiger partial charge in [0.25, 0.3) is 0 Å². The molecule has 3 amide bonds. The number of rotatable bonds is 6. The molecule has 1 atom stereocenters. The summed E-state index contributed by atoms with van der Waals surface area (Å²) in [6.45, 7) is 5.28. The Hall–Kier alpha value is -3.03. The van der Waals surface area contributed by atoms with Gasteiger partial charge in [-0.1, -0.05) is 6.92 Å². The Morgan fingerprint density at radius 2 is 2.08 bits per heavy atom. The Kier molecular flexibility index (Phi) is 5.99. The number of imidazole rings is 1. The van der Waals surface area contributed by atoms with Crippen molar-refractivity contribution in [2.75, 3.05) is 17.7 Å². The van der Waals surface area contributed by atoms with Crippen LogP contribution >= 0.6 is 0 Å². The van der Waals surface area contributed by atoms with E-state index in [0.29, 0.717) is 29.4 Å². The van der Waals surface area contributed by atoms with Crippen LogP contribution in [0.3, 0.4) is 0 Å². The van der Waals surface area contributed by atoms with Gasteiger partial charge in [0.1, 0.15) is 11.6 Å². The van der Waals surface area contributed by atoms with Crippen molar-refractivity contribution in [3.63, 3.8) is 0 Å². The monoisotopic (exact) mass is 345 g/mol. The highest BCUT2D eigenvalue weighted by Gasteiger charge is 2.16. The Labute approximate surface area is 146 Å². The van der Waals surface area contributed by atoms with Crippen molar-refractivity contribution in [1.29, 1.82) is 0 Å². The zero-order chi connectivity index (χ0) is 18.4. The Balaban J connectivity index is 2.07. The fourth-order valence-corrected chi connectivity index (χ4v) is 2.37. The van der Waals surface area contributed by atoms with Crippen LogP contribution < -0.4 is 20.7 Å². The number of hydrogen-bond donors (Lipinski definition) is 4. The highest BCUT2D eigenvalue weighted by molar-refractivity contribution is 5.94. The lowest BCUT2D eigenvalue weighted by molar-refractivity contribution is -0.114. The molecule has 0 saturated heterocycles. The zero-order valence-electron chi connectivity index (χ0n) is 14.8. The van der Waals surface area contributed by atoms with Gasteiger partial charge in [0.2, 0.25) is 5.91 Å². The molecule has 1 heterocycles. The smallest absolute Gasteiger partial charge is 0.319 e. The van der Waals surface area contributed by atoms with E-state index in [1.807, 2.05) is 13.8 Å². The first-order valence-corrected chi connectivity index (χ1v) is 7.97. The number of nitrogens with zero attached hydrogens (tertiary/aromatic N) is 1. The van der Waals surface area contributed by atoms with Crippen molar-refractivity contribution in [3.8, 4) is 5.75 Å². The number of aryl methyl sites for hydroxylation is 1. The van der Waals surface area contributed by atoms with Crippen LogP contribution in [0.1, 0.15) is 37.8 Å². The van der Waals surface area contributed by atoms with Crippen LogP contribution in [0.2, 0.25) is 0 Å². The maximum Gasteiger partial charge on any atom is 0.319 e. The molecule has 1 aromatic heterocycles. The van der Waals surface area contributed by atoms with Crippen molar-refractivity contribution in [1.82, 2.24) is 15.3 Å². The second-order valence-electron chi connectivity index (χ2n) is 5.61. The molecule has 0 aliphatic rings. The van der Waals surface area contributed by atoms with Crippen LogP contribution in [0.25, 0.3) is 0 Å².